The lowest BCUT2D eigenvalue weighted by molar-refractivity contribution is 0.100. The quantitative estimate of drug-likeness (QED) is 0.0280. The van der Waals surface area contributed by atoms with Crippen LogP contribution in [0.3, 0.4) is 0 Å². The number of amides is 6. The van der Waals surface area contributed by atoms with Crippen LogP contribution < -0.4 is 31.9 Å². The van der Waals surface area contributed by atoms with Gasteiger partial charge in [0.2, 0.25) is 11.9 Å². The van der Waals surface area contributed by atoms with Gasteiger partial charge in [0.1, 0.15) is 16.8 Å². The molecule has 0 aliphatic heterocycles. The van der Waals surface area contributed by atoms with Crippen molar-refractivity contribution in [1.82, 2.24) is 57.3 Å². The van der Waals surface area contributed by atoms with Gasteiger partial charge in [-0.25, -0.2) is 49.3 Å². The smallest absolute Gasteiger partial charge is 0.319 e. The molecule has 0 bridgehead atoms. The van der Waals surface area contributed by atoms with E-state index in [0.717, 1.165) is 34.4 Å². The van der Waals surface area contributed by atoms with E-state index in [-0.39, 0.29) is 86.6 Å². The monoisotopic (exact) mass is 2080 g/mol. The lowest BCUT2D eigenvalue weighted by Gasteiger charge is -2.06. The lowest BCUT2D eigenvalue weighted by atomic mass is 10.2. The van der Waals surface area contributed by atoms with Crippen molar-refractivity contribution in [2.24, 2.45) is 0 Å². The molecular weight excluding hydrogens is 2030 g/mol. The topological polar surface area (TPSA) is 627 Å². The van der Waals surface area contributed by atoms with Gasteiger partial charge in [-0.2, -0.15) is 57.2 Å². The Hall–Kier alpha value is -9.87. The highest BCUT2D eigenvalue weighted by Crippen LogP contribution is 2.45. The van der Waals surface area contributed by atoms with E-state index in [2.05, 4.69) is 57.2 Å². The van der Waals surface area contributed by atoms with E-state index in [9.17, 15) is 86.9 Å². The summed E-state index contributed by atoms with van der Waals surface area (Å²) in [5.41, 5.74) is 1.40. The molecule has 18 N–H and O–H groups in total. The fraction of sp³-hybridized carbons (Fsp3) is 0.0909. The molecule has 0 fully saturated rings. The number of hydrogen-bond acceptors (Lipinski definition) is 18. The third-order valence-corrected chi connectivity index (χ3v) is 23.0. The predicted octanol–water partition coefficient (Wildman–Crippen LogP) is 14.5. The first-order valence-electron chi connectivity index (χ1n) is 33.8. The first kappa shape index (κ1) is 106. The molecule has 690 valence electrons. The number of halogens is 15. The van der Waals surface area contributed by atoms with Gasteiger partial charge in [-0.05, 0) is 148 Å². The maximum Gasteiger partial charge on any atom is 0.452 e. The summed E-state index contributed by atoms with van der Waals surface area (Å²) in [6, 6.07) is 29.5. The second-order valence-electron chi connectivity index (χ2n) is 25.5. The number of anilines is 6. The summed E-state index contributed by atoms with van der Waals surface area (Å²) < 4.78 is 161. The first-order chi connectivity index (χ1) is 59.4. The molecule has 63 heteroatoms. The van der Waals surface area contributed by atoms with Gasteiger partial charge in [0.05, 0.1) is 54.2 Å². The van der Waals surface area contributed by atoms with Crippen LogP contribution in [-0.4, -0.2) is 151 Å². The van der Waals surface area contributed by atoms with Gasteiger partial charge in [0.15, 0.2) is 67.1 Å². The summed E-state index contributed by atoms with van der Waals surface area (Å²) in [5.74, 6) is -13.9. The van der Waals surface area contributed by atoms with Crippen molar-refractivity contribution in [2.75, 3.05) is 31.9 Å². The normalized spacial score (nSPS) is 11.5. The second-order valence-corrected chi connectivity index (χ2v) is 37.0. The Labute approximate surface area is 757 Å². The number of aryl methyl sites for hydroxylation is 6. The fourth-order valence-electron chi connectivity index (χ4n) is 9.42. The molecule has 12 aromatic rings. The van der Waals surface area contributed by atoms with Crippen molar-refractivity contribution in [3.8, 4) is 0 Å². The Morgan fingerprint density at radius 3 is 0.682 bits per heavy atom. The zero-order valence-electron chi connectivity index (χ0n) is 64.6. The van der Waals surface area contributed by atoms with Gasteiger partial charge in [-0.3, -0.25) is 28.8 Å². The maximum absolute atomic E-state index is 13.8. The summed E-state index contributed by atoms with van der Waals surface area (Å²) in [4.78, 5) is 178. The van der Waals surface area contributed by atoms with Crippen LogP contribution in [0.1, 0.15) is 96.3 Å². The van der Waals surface area contributed by atoms with Crippen molar-refractivity contribution in [3.63, 3.8) is 0 Å². The Morgan fingerprint density at radius 2 is 0.473 bits per heavy atom. The van der Waals surface area contributed by atoms with E-state index >= 15 is 0 Å². The van der Waals surface area contributed by atoms with E-state index < -0.39 is 172 Å². The highest BCUT2D eigenvalue weighted by molar-refractivity contribution is 7.51. The molecule has 6 amide bonds. The van der Waals surface area contributed by atoms with Crippen LogP contribution >= 0.6 is 139 Å². The van der Waals surface area contributed by atoms with E-state index in [1.54, 1.807) is 94.4 Å². The molecule has 0 atom stereocenters. The summed E-state index contributed by atoms with van der Waals surface area (Å²) in [5, 5.41) is 30.7. The van der Waals surface area contributed by atoms with Gasteiger partial charge in [0, 0.05) is 18.2 Å². The Bertz CT molecular complexity index is 6100. The summed E-state index contributed by atoms with van der Waals surface area (Å²) in [7, 11) is -29.6. The molecular formula is C66H57Cl8F7N18O24P6. The van der Waals surface area contributed by atoms with Crippen LogP contribution in [0, 0.1) is 82.5 Å². The predicted molar refractivity (Wildman–Crippen MR) is 453 cm³/mol. The van der Waals surface area contributed by atoms with Crippen LogP contribution in [0.2, 0.25) is 40.7 Å². The number of hydrogen-bond donors (Lipinski definition) is 18. The van der Waals surface area contributed by atoms with Gasteiger partial charge in [-0.15, -0.1) is 8.90 Å². The minimum atomic E-state index is -5.02. The molecule has 0 unspecified atom stereocenters. The minimum Gasteiger partial charge on any atom is -0.319 e. The van der Waals surface area contributed by atoms with E-state index in [1.807, 2.05) is 19.2 Å². The van der Waals surface area contributed by atoms with Crippen LogP contribution in [0.4, 0.5) is 64.9 Å². The molecule has 6 heterocycles. The highest BCUT2D eigenvalue weighted by atomic mass is 35.5. The lowest BCUT2D eigenvalue weighted by Crippen LogP contribution is -2.15. The second kappa shape index (κ2) is 43.0. The number of nitrogens with one attached hydrogen (secondary N) is 6. The molecule has 6 aromatic carbocycles. The van der Waals surface area contributed by atoms with Crippen LogP contribution in [0.25, 0.3) is 0 Å². The summed E-state index contributed by atoms with van der Waals surface area (Å²) in [6.45, 7) is 10.5. The Kier molecular flexibility index (Phi) is 35.4. The van der Waals surface area contributed by atoms with Gasteiger partial charge < -0.3 is 90.6 Å². The van der Waals surface area contributed by atoms with E-state index in [0.29, 0.717) is 23.3 Å². The molecule has 6 aromatic heterocycles. The third kappa shape index (κ3) is 28.6. The molecule has 42 nitrogen and oxygen atoms in total. The van der Waals surface area contributed by atoms with Gasteiger partial charge >= 0.3 is 46.5 Å². The van der Waals surface area contributed by atoms with Crippen LogP contribution in [-0.2, 0) is 27.4 Å². The van der Waals surface area contributed by atoms with Crippen LogP contribution in [0.5, 0.6) is 0 Å². The summed E-state index contributed by atoms with van der Waals surface area (Å²) in [6.07, 6.45) is 0. The van der Waals surface area contributed by atoms with Gasteiger partial charge in [-0.1, -0.05) is 129 Å². The molecule has 0 radical (unpaired) electrons. The molecule has 0 spiro atoms. The van der Waals surface area contributed by atoms with Crippen molar-refractivity contribution in [2.45, 2.75) is 41.5 Å². The van der Waals surface area contributed by atoms with Gasteiger partial charge in [0.25, 0.3) is 35.4 Å². The minimum absolute atomic E-state index is 0.0600. The number of carbonyl (C=O) groups is 6. The maximum atomic E-state index is 13.8. The van der Waals surface area contributed by atoms with Crippen molar-refractivity contribution in [1.29, 1.82) is 0 Å². The number of aromatic nitrogens is 12. The standard InChI is InChI=1S/2C11H9Cl2FN3O4P.C11H9ClF2N3O4P.3C11H10ClFN3O4P/c2*1-5-2-3-7(6(12)4-5)15-11(18)9-8(14)10(13)17(16-9)22(19,20)21;1-5-2-3-7(6(13)4-5)15-11(18)9-8(14)10(12)17(16-9)22(19,20)21;1-6-2-3-8(7(13)4-6)14-11(17)9-5-10(12)16(15-9)21(18,19)20;2*1-6-2-3-8(7(12)4-6)14-11(17)9-5-10(13)16(15-9)21(18,19)20/h3*2-4H,1H3,(H,15,18)(H2,19,20,21);3*2-5H,1H3,(H,14,17)(H2,18,19,20). The zero-order valence-corrected chi connectivity index (χ0v) is 76.0. The van der Waals surface area contributed by atoms with Crippen molar-refractivity contribution in [3.05, 3.63) is 277 Å². The molecule has 129 heavy (non-hydrogen) atoms. The molecule has 0 aliphatic rings. The Balaban J connectivity index is 0.000000212. The number of carbonyl (C=O) groups excluding carboxylic acids is 6. The zero-order chi connectivity index (χ0) is 97.3. The third-order valence-electron chi connectivity index (χ3n) is 15.3. The van der Waals surface area contributed by atoms with E-state index in [4.69, 9.17) is 152 Å². The number of rotatable bonds is 18. The largest absolute Gasteiger partial charge is 0.452 e. The van der Waals surface area contributed by atoms with E-state index in [1.165, 1.54) is 36.4 Å². The molecule has 12 rings (SSSR count). The van der Waals surface area contributed by atoms with Crippen molar-refractivity contribution < 1.29 is 146 Å². The number of benzene rings is 6. The molecule has 0 saturated heterocycles. The molecule has 0 aliphatic carbocycles. The average molecular weight is 2090 g/mol. The van der Waals surface area contributed by atoms with Crippen molar-refractivity contribution >= 4 is 209 Å². The fourth-order valence-corrected chi connectivity index (χ4v) is 15.4. The SMILES string of the molecule is Cc1ccc(NC(=O)c2cc(Cl)n(P(=O)(O)O)n2)c(F)c1.Cc1ccc(NC(=O)c2cc(F)n(P(=O)(O)O)n2)c(Cl)c1.Cc1ccc(NC(=O)c2cc(F)n(P(=O)(O)O)n2)c(Cl)c1.Cc1ccc(NC(=O)c2nn(P(=O)(O)O)c(Cl)c2F)c(Cl)c1.Cc1ccc(NC(=O)c2nn(P(=O)(O)O)c(Cl)c2F)c(Cl)c1.Cc1ccc(NC(=O)c2nn(P(=O)(O)O)c(Cl)c2F)c(F)c1. The van der Waals surface area contributed by atoms with Crippen LogP contribution in [0.15, 0.2) is 127 Å². The number of nitrogens with zero attached hydrogens (tertiary/aromatic N) is 12. The first-order valence-corrected chi connectivity index (χ1v) is 46.2. The average Bonchev–Trinajstić information content (AvgIpc) is 1.65. The summed E-state index contributed by atoms with van der Waals surface area (Å²) >= 11 is 45.5. The highest BCUT2D eigenvalue weighted by Gasteiger charge is 2.36. The molecule has 0 saturated carbocycles. The Morgan fingerprint density at radius 1 is 0.271 bits per heavy atom.